The number of allylic oxidation sites excluding steroid dienone is 1. The molecular weight excluding hydrogens is 628 g/mol. The minimum atomic E-state index is -0.502. The predicted molar refractivity (Wildman–Crippen MR) is 182 cm³/mol. The first-order chi connectivity index (χ1) is 21.9. The molecule has 45 heavy (non-hydrogen) atoms. The molecule has 0 heterocycles. The van der Waals surface area contributed by atoms with Gasteiger partial charge < -0.3 is 15.4 Å². The molecule has 0 aliphatic carbocycles. The molecule has 6 nitrogen and oxygen atoms in total. The summed E-state index contributed by atoms with van der Waals surface area (Å²) in [7, 11) is 0. The van der Waals surface area contributed by atoms with Crippen LogP contribution in [-0.4, -0.2) is 17.6 Å². The van der Waals surface area contributed by atoms with Gasteiger partial charge in [-0.25, -0.2) is 0 Å². The first-order valence-corrected chi connectivity index (χ1v) is 15.0. The maximum Gasteiger partial charge on any atom is 0.272 e. The van der Waals surface area contributed by atoms with Gasteiger partial charge >= 0.3 is 0 Å². The van der Waals surface area contributed by atoms with Crippen molar-refractivity contribution < 1.29 is 19.1 Å². The van der Waals surface area contributed by atoms with Gasteiger partial charge in [0, 0.05) is 21.3 Å². The zero-order valence-electron chi connectivity index (χ0n) is 24.2. The molecule has 7 heteroatoms. The maximum absolute atomic E-state index is 13.3. The van der Waals surface area contributed by atoms with Crippen molar-refractivity contribution >= 4 is 51.4 Å². The van der Waals surface area contributed by atoms with Gasteiger partial charge in [0.15, 0.2) is 5.78 Å². The Balaban J connectivity index is 1.21. The molecule has 2 N–H and O–H groups in total. The number of ether oxygens (including phenoxy) is 1. The molecule has 0 spiro atoms. The van der Waals surface area contributed by atoms with Crippen LogP contribution >= 0.6 is 15.9 Å². The first-order valence-electron chi connectivity index (χ1n) is 14.2. The van der Waals surface area contributed by atoms with E-state index in [2.05, 4.69) is 26.6 Å². The lowest BCUT2D eigenvalue weighted by molar-refractivity contribution is -0.113. The number of halogens is 1. The van der Waals surface area contributed by atoms with Crippen LogP contribution in [0.4, 0.5) is 5.69 Å². The van der Waals surface area contributed by atoms with Gasteiger partial charge in [-0.1, -0.05) is 94.8 Å². The average molecular weight is 658 g/mol. The zero-order chi connectivity index (χ0) is 31.4. The van der Waals surface area contributed by atoms with Gasteiger partial charge in [-0.15, -0.1) is 0 Å². The Labute approximate surface area is 270 Å². The predicted octanol–water partition coefficient (Wildman–Crippen LogP) is 8.33. The van der Waals surface area contributed by atoms with E-state index in [0.29, 0.717) is 23.4 Å². The van der Waals surface area contributed by atoms with Gasteiger partial charge in [0.05, 0.1) is 0 Å². The van der Waals surface area contributed by atoms with Crippen molar-refractivity contribution in [1.29, 1.82) is 0 Å². The van der Waals surface area contributed by atoms with Crippen molar-refractivity contribution in [2.75, 3.05) is 5.32 Å². The molecule has 0 bridgehead atoms. The number of hydrogen-bond acceptors (Lipinski definition) is 4. The first kappa shape index (κ1) is 30.9. The summed E-state index contributed by atoms with van der Waals surface area (Å²) in [5, 5.41) is 5.53. The van der Waals surface area contributed by atoms with E-state index in [1.165, 1.54) is 6.08 Å². The summed E-state index contributed by atoms with van der Waals surface area (Å²) in [5.74, 6) is -0.341. The van der Waals surface area contributed by atoms with Crippen LogP contribution in [0.15, 0.2) is 150 Å². The second-order valence-electron chi connectivity index (χ2n) is 10.0. The highest BCUT2D eigenvalue weighted by atomic mass is 79.9. The van der Waals surface area contributed by atoms with Crippen LogP contribution in [0.3, 0.4) is 0 Å². The van der Waals surface area contributed by atoms with Crippen LogP contribution in [-0.2, 0) is 11.4 Å². The normalized spacial score (nSPS) is 11.2. The number of ketones is 1. The van der Waals surface area contributed by atoms with Crippen molar-refractivity contribution in [2.45, 2.75) is 6.61 Å². The Kier molecular flexibility index (Phi) is 10.5. The Morgan fingerprint density at radius 3 is 1.96 bits per heavy atom. The number of rotatable bonds is 11. The third-order valence-corrected chi connectivity index (χ3v) is 7.22. The SMILES string of the molecule is O=C(Nc1ccc(C(=O)/C=C/c2ccc(OCc3ccccc3)cc2)cc1)/C(=C/c1ccc(Br)cc1)NC(=O)c1ccccc1. The molecule has 0 aliphatic heterocycles. The monoisotopic (exact) mass is 656 g/mol. The fraction of sp³-hybridized carbons (Fsp3) is 0.0263. The number of amides is 2. The summed E-state index contributed by atoms with van der Waals surface area (Å²) < 4.78 is 6.72. The highest BCUT2D eigenvalue weighted by molar-refractivity contribution is 9.10. The topological polar surface area (TPSA) is 84.5 Å². The molecule has 5 aromatic carbocycles. The van der Waals surface area contributed by atoms with Gasteiger partial charge in [-0.05, 0) is 89.5 Å². The number of carbonyl (C=O) groups is 3. The summed E-state index contributed by atoms with van der Waals surface area (Å²) in [5.41, 5.74) is 4.13. The molecule has 0 unspecified atom stereocenters. The summed E-state index contributed by atoms with van der Waals surface area (Å²) >= 11 is 3.41. The Morgan fingerprint density at radius 2 is 1.29 bits per heavy atom. The van der Waals surface area contributed by atoms with Crippen LogP contribution in [0, 0.1) is 0 Å². The summed E-state index contributed by atoms with van der Waals surface area (Å²) in [4.78, 5) is 38.9. The molecule has 2 amide bonds. The Bertz CT molecular complexity index is 1820. The van der Waals surface area contributed by atoms with Crippen molar-refractivity contribution in [3.05, 3.63) is 178 Å². The second kappa shape index (κ2) is 15.3. The Morgan fingerprint density at radius 1 is 0.667 bits per heavy atom. The largest absolute Gasteiger partial charge is 0.489 e. The van der Waals surface area contributed by atoms with E-state index in [0.717, 1.165) is 26.9 Å². The summed E-state index contributed by atoms with van der Waals surface area (Å²) in [6, 6.07) is 40.0. The van der Waals surface area contributed by atoms with Gasteiger partial charge in [-0.3, -0.25) is 14.4 Å². The second-order valence-corrected chi connectivity index (χ2v) is 10.9. The van der Waals surface area contributed by atoms with Gasteiger partial charge in [0.1, 0.15) is 18.1 Å². The fourth-order valence-corrected chi connectivity index (χ4v) is 4.53. The molecule has 0 radical (unpaired) electrons. The number of benzene rings is 5. The molecule has 222 valence electrons. The molecule has 5 aromatic rings. The molecule has 0 aliphatic rings. The van der Waals surface area contributed by atoms with E-state index >= 15 is 0 Å². The molecule has 5 rings (SSSR count). The minimum Gasteiger partial charge on any atom is -0.489 e. The molecule has 0 fully saturated rings. The molecule has 0 atom stereocenters. The summed E-state index contributed by atoms with van der Waals surface area (Å²) in [6.07, 6.45) is 4.85. The lowest BCUT2D eigenvalue weighted by Crippen LogP contribution is -2.30. The van der Waals surface area contributed by atoms with Crippen molar-refractivity contribution in [1.82, 2.24) is 5.32 Å². The molecular formula is C38H29BrN2O4. The quantitative estimate of drug-likeness (QED) is 0.111. The third kappa shape index (κ3) is 9.23. The van der Waals surface area contributed by atoms with E-state index in [-0.39, 0.29) is 11.5 Å². The highest BCUT2D eigenvalue weighted by Gasteiger charge is 2.15. The van der Waals surface area contributed by atoms with Crippen molar-refractivity contribution in [3.63, 3.8) is 0 Å². The number of hydrogen-bond donors (Lipinski definition) is 2. The van der Waals surface area contributed by atoms with Crippen molar-refractivity contribution in [2.24, 2.45) is 0 Å². The van der Waals surface area contributed by atoms with E-state index < -0.39 is 11.8 Å². The van der Waals surface area contributed by atoms with Crippen LogP contribution < -0.4 is 15.4 Å². The third-order valence-electron chi connectivity index (χ3n) is 6.69. The fourth-order valence-electron chi connectivity index (χ4n) is 4.27. The van der Waals surface area contributed by atoms with Crippen molar-refractivity contribution in [3.8, 4) is 5.75 Å². The van der Waals surface area contributed by atoms with Gasteiger partial charge in [0.2, 0.25) is 0 Å². The number of nitrogens with one attached hydrogen (secondary N) is 2. The molecule has 0 aromatic heterocycles. The van der Waals surface area contributed by atoms with E-state index in [9.17, 15) is 14.4 Å². The van der Waals surface area contributed by atoms with Crippen LogP contribution in [0.2, 0.25) is 0 Å². The number of carbonyl (C=O) groups excluding carboxylic acids is 3. The standard InChI is InChI=1S/C38H29BrN2O4/c39-32-18-11-28(12-19-32)25-35(41-37(43)31-9-5-2-6-10-31)38(44)40-33-20-16-30(17-21-33)36(42)24-15-27-13-22-34(23-14-27)45-26-29-7-3-1-4-8-29/h1-25H,26H2,(H,40,44)(H,41,43)/b24-15+,35-25-. The van der Waals surface area contributed by atoms with Crippen LogP contribution in [0.1, 0.15) is 37.4 Å². The maximum atomic E-state index is 13.3. The lowest BCUT2D eigenvalue weighted by atomic mass is 10.1. The smallest absolute Gasteiger partial charge is 0.272 e. The van der Waals surface area contributed by atoms with Crippen LogP contribution in [0.25, 0.3) is 12.2 Å². The number of anilines is 1. The van der Waals surface area contributed by atoms with Gasteiger partial charge in [-0.2, -0.15) is 0 Å². The average Bonchev–Trinajstić information content (AvgIpc) is 3.08. The zero-order valence-corrected chi connectivity index (χ0v) is 25.7. The summed E-state index contributed by atoms with van der Waals surface area (Å²) in [6.45, 7) is 0.482. The minimum absolute atomic E-state index is 0.0748. The highest BCUT2D eigenvalue weighted by Crippen LogP contribution is 2.18. The van der Waals surface area contributed by atoms with E-state index in [1.807, 2.05) is 84.9 Å². The molecule has 0 saturated carbocycles. The molecule has 0 saturated heterocycles. The van der Waals surface area contributed by atoms with Gasteiger partial charge in [0.25, 0.3) is 11.8 Å². The Hall–Kier alpha value is -5.53. The van der Waals surface area contributed by atoms with E-state index in [4.69, 9.17) is 4.74 Å². The van der Waals surface area contributed by atoms with Crippen LogP contribution in [0.5, 0.6) is 5.75 Å². The lowest BCUT2D eigenvalue weighted by Gasteiger charge is -2.12. The van der Waals surface area contributed by atoms with E-state index in [1.54, 1.807) is 60.7 Å².